The van der Waals surface area contributed by atoms with Gasteiger partial charge in [-0.3, -0.25) is 5.43 Å². The first kappa shape index (κ1) is 18.7. The average Bonchev–Trinajstić information content (AvgIpc) is 2.69. The third-order valence-electron chi connectivity index (χ3n) is 4.29. The lowest BCUT2D eigenvalue weighted by Crippen LogP contribution is -2.36. The van der Waals surface area contributed by atoms with E-state index in [0.29, 0.717) is 15.2 Å². The average molecular weight is 428 g/mol. The van der Waals surface area contributed by atoms with E-state index in [0.717, 1.165) is 28.2 Å². The minimum absolute atomic E-state index is 0.143. The van der Waals surface area contributed by atoms with Crippen molar-refractivity contribution in [2.24, 2.45) is 5.10 Å². The summed E-state index contributed by atoms with van der Waals surface area (Å²) in [5, 5.41) is 8.96. The van der Waals surface area contributed by atoms with Crippen LogP contribution in [0.5, 0.6) is 11.5 Å². The molecule has 1 heterocycles. The highest BCUT2D eigenvalue weighted by atomic mass is 35.5. The Balaban J connectivity index is 1.51. The number of hydrogen-bond acceptors (Lipinski definition) is 3. The first-order chi connectivity index (χ1) is 13.6. The highest BCUT2D eigenvalue weighted by molar-refractivity contribution is 7.80. The van der Waals surface area contributed by atoms with E-state index in [1.54, 1.807) is 24.4 Å². The van der Waals surface area contributed by atoms with E-state index in [2.05, 4.69) is 15.8 Å². The number of para-hydroxylation sites is 2. The van der Waals surface area contributed by atoms with Crippen LogP contribution in [0.3, 0.4) is 0 Å². The van der Waals surface area contributed by atoms with Crippen molar-refractivity contribution in [1.29, 1.82) is 0 Å². The molecule has 0 amide bonds. The van der Waals surface area contributed by atoms with Crippen molar-refractivity contribution >= 4 is 46.7 Å². The van der Waals surface area contributed by atoms with Crippen LogP contribution < -0.4 is 15.5 Å². The number of hydrogen-bond donors (Lipinski definition) is 2. The Morgan fingerprint density at radius 1 is 0.964 bits per heavy atom. The maximum absolute atomic E-state index is 6.15. The highest BCUT2D eigenvalue weighted by Gasteiger charge is 2.27. The molecule has 0 aromatic heterocycles. The minimum atomic E-state index is -0.143. The van der Waals surface area contributed by atoms with Gasteiger partial charge in [-0.05, 0) is 36.5 Å². The fourth-order valence-electron chi connectivity index (χ4n) is 3.00. The molecule has 0 bridgehead atoms. The summed E-state index contributed by atoms with van der Waals surface area (Å²) in [5.74, 6) is 1.61. The number of benzene rings is 3. The molecule has 3 aromatic carbocycles. The zero-order chi connectivity index (χ0) is 19.5. The van der Waals surface area contributed by atoms with Gasteiger partial charge < -0.3 is 10.1 Å². The molecule has 28 heavy (non-hydrogen) atoms. The second kappa shape index (κ2) is 8.19. The van der Waals surface area contributed by atoms with E-state index in [9.17, 15) is 0 Å². The fourth-order valence-corrected chi connectivity index (χ4v) is 3.62. The van der Waals surface area contributed by atoms with Crippen LogP contribution in [0.4, 0.5) is 0 Å². The summed E-state index contributed by atoms with van der Waals surface area (Å²) in [7, 11) is 0. The fraction of sp³-hybridized carbons (Fsp3) is 0.0476. The Hall–Kier alpha value is -2.60. The Bertz CT molecular complexity index is 1030. The molecule has 0 spiro atoms. The van der Waals surface area contributed by atoms with Crippen molar-refractivity contribution < 1.29 is 4.74 Å². The predicted octanol–water partition coefficient (Wildman–Crippen LogP) is 5.69. The SMILES string of the molecule is S=C(N/N=C\c1ccc(Cl)cc1Cl)NC1c2ccccc2Oc2ccccc21. The molecule has 140 valence electrons. The molecule has 4 nitrogen and oxygen atoms in total. The van der Waals surface area contributed by atoms with Crippen molar-refractivity contribution in [3.63, 3.8) is 0 Å². The lowest BCUT2D eigenvalue weighted by molar-refractivity contribution is 0.441. The Kier molecular flexibility index (Phi) is 5.48. The van der Waals surface area contributed by atoms with Gasteiger partial charge in [0.25, 0.3) is 0 Å². The molecule has 1 aliphatic rings. The Labute approximate surface area is 178 Å². The molecule has 0 saturated carbocycles. The number of thiocarbonyl (C=S) groups is 1. The molecule has 0 unspecified atom stereocenters. The van der Waals surface area contributed by atoms with Crippen LogP contribution in [0.15, 0.2) is 71.8 Å². The number of hydrazone groups is 1. The van der Waals surface area contributed by atoms with Crippen molar-refractivity contribution in [3.05, 3.63) is 93.5 Å². The molecule has 0 saturated heterocycles. The van der Waals surface area contributed by atoms with Crippen LogP contribution >= 0.6 is 35.4 Å². The summed E-state index contributed by atoms with van der Waals surface area (Å²) in [4.78, 5) is 0. The number of fused-ring (bicyclic) bond motifs is 2. The monoisotopic (exact) mass is 427 g/mol. The zero-order valence-corrected chi connectivity index (χ0v) is 16.9. The predicted molar refractivity (Wildman–Crippen MR) is 118 cm³/mol. The molecule has 3 aromatic rings. The Morgan fingerprint density at radius 3 is 2.25 bits per heavy atom. The molecular formula is C21H15Cl2N3OS. The van der Waals surface area contributed by atoms with Crippen molar-refractivity contribution in [2.75, 3.05) is 0 Å². The third kappa shape index (κ3) is 3.97. The van der Waals surface area contributed by atoms with Crippen LogP contribution in [0.2, 0.25) is 10.0 Å². The standard InChI is InChI=1S/C21H15Cl2N3OS/c22-14-10-9-13(17(23)11-14)12-24-26-21(28)25-20-15-5-1-3-7-18(15)27-19-8-4-2-6-16(19)20/h1-12,20H,(H2,25,26,28)/b24-12-. The van der Waals surface area contributed by atoms with Gasteiger partial charge in [0, 0.05) is 21.7 Å². The smallest absolute Gasteiger partial charge is 0.187 e. The first-order valence-corrected chi connectivity index (χ1v) is 9.68. The van der Waals surface area contributed by atoms with Crippen LogP contribution in [0, 0.1) is 0 Å². The third-order valence-corrected chi connectivity index (χ3v) is 5.06. The summed E-state index contributed by atoms with van der Waals surface area (Å²) >= 11 is 17.5. The van der Waals surface area contributed by atoms with Gasteiger partial charge >= 0.3 is 0 Å². The van der Waals surface area contributed by atoms with Crippen LogP contribution in [0.1, 0.15) is 22.7 Å². The van der Waals surface area contributed by atoms with Gasteiger partial charge in [0.15, 0.2) is 5.11 Å². The number of rotatable bonds is 3. The molecule has 0 fully saturated rings. The second-order valence-corrected chi connectivity index (χ2v) is 7.37. The van der Waals surface area contributed by atoms with E-state index in [1.807, 2.05) is 48.5 Å². The summed E-state index contributed by atoms with van der Waals surface area (Å²) in [5.41, 5.74) is 5.60. The van der Waals surface area contributed by atoms with Gasteiger partial charge in [0.1, 0.15) is 11.5 Å². The number of ether oxygens (including phenoxy) is 1. The molecule has 4 rings (SSSR count). The highest BCUT2D eigenvalue weighted by Crippen LogP contribution is 2.42. The largest absolute Gasteiger partial charge is 0.457 e. The molecule has 0 radical (unpaired) electrons. The van der Waals surface area contributed by atoms with E-state index in [4.69, 9.17) is 40.2 Å². The summed E-state index contributed by atoms with van der Waals surface area (Å²) in [6.45, 7) is 0. The van der Waals surface area contributed by atoms with Gasteiger partial charge in [-0.2, -0.15) is 5.10 Å². The summed E-state index contributed by atoms with van der Waals surface area (Å²) < 4.78 is 5.99. The summed E-state index contributed by atoms with van der Waals surface area (Å²) in [6.07, 6.45) is 1.60. The molecule has 0 aliphatic carbocycles. The van der Waals surface area contributed by atoms with Gasteiger partial charge in [-0.25, -0.2) is 0 Å². The van der Waals surface area contributed by atoms with Gasteiger partial charge in [0.05, 0.1) is 17.3 Å². The van der Waals surface area contributed by atoms with Gasteiger partial charge in [-0.15, -0.1) is 0 Å². The summed E-state index contributed by atoms with van der Waals surface area (Å²) in [6, 6.07) is 20.8. The molecule has 7 heteroatoms. The normalized spacial score (nSPS) is 12.8. The van der Waals surface area contributed by atoms with Crippen LogP contribution in [-0.2, 0) is 0 Å². The van der Waals surface area contributed by atoms with E-state index in [-0.39, 0.29) is 6.04 Å². The van der Waals surface area contributed by atoms with E-state index in [1.165, 1.54) is 0 Å². The molecular weight excluding hydrogens is 413 g/mol. The Morgan fingerprint density at radius 2 is 1.61 bits per heavy atom. The van der Waals surface area contributed by atoms with E-state index < -0.39 is 0 Å². The number of nitrogens with zero attached hydrogens (tertiary/aromatic N) is 1. The molecule has 0 atom stereocenters. The van der Waals surface area contributed by atoms with Crippen LogP contribution in [0.25, 0.3) is 0 Å². The lowest BCUT2D eigenvalue weighted by Gasteiger charge is -2.29. The van der Waals surface area contributed by atoms with Gasteiger partial charge in [0.2, 0.25) is 0 Å². The topological polar surface area (TPSA) is 45.7 Å². The molecule has 2 N–H and O–H groups in total. The number of nitrogens with one attached hydrogen (secondary N) is 2. The van der Waals surface area contributed by atoms with E-state index >= 15 is 0 Å². The molecule has 1 aliphatic heterocycles. The van der Waals surface area contributed by atoms with Crippen LogP contribution in [-0.4, -0.2) is 11.3 Å². The first-order valence-electron chi connectivity index (χ1n) is 8.52. The number of halogens is 2. The van der Waals surface area contributed by atoms with Crippen molar-refractivity contribution in [1.82, 2.24) is 10.7 Å². The zero-order valence-electron chi connectivity index (χ0n) is 14.5. The maximum Gasteiger partial charge on any atom is 0.187 e. The second-order valence-electron chi connectivity index (χ2n) is 6.12. The maximum atomic E-state index is 6.15. The quantitative estimate of drug-likeness (QED) is 0.320. The van der Waals surface area contributed by atoms with Gasteiger partial charge in [-0.1, -0.05) is 65.7 Å². The van der Waals surface area contributed by atoms with Crippen molar-refractivity contribution in [3.8, 4) is 11.5 Å². The lowest BCUT2D eigenvalue weighted by atomic mass is 9.95. The minimum Gasteiger partial charge on any atom is -0.457 e. The van der Waals surface area contributed by atoms with Crippen molar-refractivity contribution in [2.45, 2.75) is 6.04 Å².